The number of fused-ring (bicyclic) bond motifs is 1. The maximum absolute atomic E-state index is 5.55. The lowest BCUT2D eigenvalue weighted by atomic mass is 9.95. The quantitative estimate of drug-likeness (QED) is 0.518. The third kappa shape index (κ3) is 3.45. The van der Waals surface area contributed by atoms with Gasteiger partial charge in [-0.3, -0.25) is 9.39 Å². The maximum Gasteiger partial charge on any atom is 0.191 e. The number of guanidine groups is 1. The predicted molar refractivity (Wildman–Crippen MR) is 105 cm³/mol. The highest BCUT2D eigenvalue weighted by molar-refractivity contribution is 5.79. The van der Waals surface area contributed by atoms with Gasteiger partial charge in [-0.05, 0) is 31.0 Å². The Kier molecular flexibility index (Phi) is 4.66. The number of nitrogens with zero attached hydrogens (tertiary/aromatic N) is 4. The van der Waals surface area contributed by atoms with E-state index in [0.29, 0.717) is 6.54 Å². The van der Waals surface area contributed by atoms with Crippen molar-refractivity contribution in [1.29, 1.82) is 0 Å². The van der Waals surface area contributed by atoms with Crippen LogP contribution in [0.1, 0.15) is 24.2 Å². The van der Waals surface area contributed by atoms with Crippen molar-refractivity contribution in [3.8, 4) is 5.75 Å². The van der Waals surface area contributed by atoms with Crippen LogP contribution in [0.2, 0.25) is 0 Å². The van der Waals surface area contributed by atoms with Crippen molar-refractivity contribution >= 4 is 11.6 Å². The molecule has 1 aliphatic rings. The van der Waals surface area contributed by atoms with Crippen LogP contribution >= 0.6 is 0 Å². The van der Waals surface area contributed by atoms with E-state index in [-0.39, 0.29) is 5.41 Å². The normalized spacial score (nSPS) is 15.6. The molecule has 1 fully saturated rings. The van der Waals surface area contributed by atoms with E-state index in [1.165, 1.54) is 5.56 Å². The van der Waals surface area contributed by atoms with Gasteiger partial charge in [-0.2, -0.15) is 0 Å². The summed E-state index contributed by atoms with van der Waals surface area (Å²) in [5, 5.41) is 15.2. The zero-order chi connectivity index (χ0) is 18.7. The number of aromatic nitrogens is 3. The standard InChI is InChI=1S/C20H24N6O/c1-21-19(22-13-18-25-24-17-9-5-6-12-26(17)18)23-14-20(10-11-20)15-7-3-4-8-16(15)27-2/h3-9,12H,10-11,13-14H2,1-2H3,(H2,21,22,23). The number of benzene rings is 1. The molecule has 1 saturated carbocycles. The van der Waals surface area contributed by atoms with Gasteiger partial charge in [0.1, 0.15) is 5.75 Å². The number of hydrogen-bond donors (Lipinski definition) is 2. The van der Waals surface area contributed by atoms with Gasteiger partial charge in [-0.15, -0.1) is 10.2 Å². The van der Waals surface area contributed by atoms with E-state index in [0.717, 1.165) is 42.6 Å². The Morgan fingerprint density at radius 2 is 1.96 bits per heavy atom. The fourth-order valence-corrected chi connectivity index (χ4v) is 3.42. The molecule has 27 heavy (non-hydrogen) atoms. The van der Waals surface area contributed by atoms with Crippen molar-refractivity contribution in [2.75, 3.05) is 20.7 Å². The average Bonchev–Trinajstić information content (AvgIpc) is 3.40. The summed E-state index contributed by atoms with van der Waals surface area (Å²) in [6.07, 6.45) is 4.25. The molecule has 1 aromatic carbocycles. The number of pyridine rings is 1. The zero-order valence-electron chi connectivity index (χ0n) is 15.6. The Morgan fingerprint density at radius 1 is 1.15 bits per heavy atom. The number of para-hydroxylation sites is 1. The number of ether oxygens (including phenoxy) is 1. The SMILES string of the molecule is CN=C(NCc1nnc2ccccn12)NCC1(c2ccccc2OC)CC1. The van der Waals surface area contributed by atoms with Crippen LogP contribution in [-0.4, -0.2) is 41.3 Å². The van der Waals surface area contributed by atoms with E-state index >= 15 is 0 Å². The first-order chi connectivity index (χ1) is 13.3. The summed E-state index contributed by atoms with van der Waals surface area (Å²) in [4.78, 5) is 4.34. The molecule has 2 aromatic heterocycles. The van der Waals surface area contributed by atoms with Crippen molar-refractivity contribution in [2.45, 2.75) is 24.8 Å². The van der Waals surface area contributed by atoms with Crippen LogP contribution < -0.4 is 15.4 Å². The smallest absolute Gasteiger partial charge is 0.191 e. The first-order valence-corrected chi connectivity index (χ1v) is 9.12. The van der Waals surface area contributed by atoms with Gasteiger partial charge in [0.2, 0.25) is 0 Å². The zero-order valence-corrected chi connectivity index (χ0v) is 15.6. The maximum atomic E-state index is 5.55. The molecule has 3 aromatic rings. The van der Waals surface area contributed by atoms with Crippen LogP contribution in [0.5, 0.6) is 5.75 Å². The molecule has 0 radical (unpaired) electrons. The molecule has 140 valence electrons. The van der Waals surface area contributed by atoms with Crippen LogP contribution in [-0.2, 0) is 12.0 Å². The van der Waals surface area contributed by atoms with Gasteiger partial charge >= 0.3 is 0 Å². The first kappa shape index (κ1) is 17.3. The van der Waals surface area contributed by atoms with Crippen LogP contribution in [0.4, 0.5) is 0 Å². The van der Waals surface area contributed by atoms with Crippen molar-refractivity contribution in [3.05, 3.63) is 60.0 Å². The lowest BCUT2D eigenvalue weighted by Gasteiger charge is -2.21. The second-order valence-corrected chi connectivity index (χ2v) is 6.81. The first-order valence-electron chi connectivity index (χ1n) is 9.12. The molecule has 2 N–H and O–H groups in total. The number of methoxy groups -OCH3 is 1. The van der Waals surface area contributed by atoms with Gasteiger partial charge in [0.25, 0.3) is 0 Å². The average molecular weight is 364 g/mol. The summed E-state index contributed by atoms with van der Waals surface area (Å²) in [6.45, 7) is 1.36. The van der Waals surface area contributed by atoms with E-state index < -0.39 is 0 Å². The Morgan fingerprint density at radius 3 is 2.74 bits per heavy atom. The lowest BCUT2D eigenvalue weighted by Crippen LogP contribution is -2.41. The molecule has 0 aliphatic heterocycles. The molecule has 7 heteroatoms. The largest absolute Gasteiger partial charge is 0.496 e. The van der Waals surface area contributed by atoms with Crippen LogP contribution in [0.25, 0.3) is 5.65 Å². The van der Waals surface area contributed by atoms with Crippen molar-refractivity contribution in [1.82, 2.24) is 25.2 Å². The van der Waals surface area contributed by atoms with E-state index in [2.05, 4.69) is 38.0 Å². The van der Waals surface area contributed by atoms with E-state index in [1.54, 1.807) is 14.2 Å². The van der Waals surface area contributed by atoms with Crippen molar-refractivity contribution in [2.24, 2.45) is 4.99 Å². The van der Waals surface area contributed by atoms with Crippen molar-refractivity contribution in [3.63, 3.8) is 0 Å². The fraction of sp³-hybridized carbons (Fsp3) is 0.350. The molecule has 4 rings (SSSR count). The number of rotatable bonds is 6. The highest BCUT2D eigenvalue weighted by Crippen LogP contribution is 2.50. The highest BCUT2D eigenvalue weighted by atomic mass is 16.5. The van der Waals surface area contributed by atoms with Gasteiger partial charge in [-0.1, -0.05) is 24.3 Å². The summed E-state index contributed by atoms with van der Waals surface area (Å²) in [7, 11) is 3.51. The molecule has 0 spiro atoms. The summed E-state index contributed by atoms with van der Waals surface area (Å²) in [5.41, 5.74) is 2.22. The van der Waals surface area contributed by atoms with Gasteiger partial charge in [0.05, 0.1) is 13.7 Å². The van der Waals surface area contributed by atoms with Crippen LogP contribution in [0.15, 0.2) is 53.7 Å². The Balaban J connectivity index is 1.40. The van der Waals surface area contributed by atoms with E-state index in [9.17, 15) is 0 Å². The third-order valence-corrected chi connectivity index (χ3v) is 5.15. The minimum Gasteiger partial charge on any atom is -0.496 e. The molecule has 0 amide bonds. The summed E-state index contributed by atoms with van der Waals surface area (Å²) >= 11 is 0. The molecule has 7 nitrogen and oxygen atoms in total. The molecular formula is C20H24N6O. The Hall–Kier alpha value is -3.09. The molecule has 1 aliphatic carbocycles. The minimum absolute atomic E-state index is 0.117. The Bertz CT molecular complexity index is 960. The van der Waals surface area contributed by atoms with Gasteiger partial charge in [-0.25, -0.2) is 0 Å². The second kappa shape index (κ2) is 7.26. The summed E-state index contributed by atoms with van der Waals surface area (Å²) in [5.74, 6) is 2.55. The molecular weight excluding hydrogens is 340 g/mol. The molecule has 0 bridgehead atoms. The number of aliphatic imine (C=N–C) groups is 1. The molecule has 2 heterocycles. The molecule has 0 atom stereocenters. The van der Waals surface area contributed by atoms with Crippen LogP contribution in [0.3, 0.4) is 0 Å². The van der Waals surface area contributed by atoms with Crippen molar-refractivity contribution < 1.29 is 4.74 Å². The fourth-order valence-electron chi connectivity index (χ4n) is 3.42. The summed E-state index contributed by atoms with van der Waals surface area (Å²) in [6, 6.07) is 14.1. The third-order valence-electron chi connectivity index (χ3n) is 5.15. The highest BCUT2D eigenvalue weighted by Gasteiger charge is 2.46. The van der Waals surface area contributed by atoms with Crippen LogP contribution in [0, 0.1) is 0 Å². The second-order valence-electron chi connectivity index (χ2n) is 6.81. The van der Waals surface area contributed by atoms with Gasteiger partial charge in [0.15, 0.2) is 17.4 Å². The number of nitrogens with one attached hydrogen (secondary N) is 2. The molecule has 0 unspecified atom stereocenters. The summed E-state index contributed by atoms with van der Waals surface area (Å²) < 4.78 is 7.52. The van der Waals surface area contributed by atoms with Gasteiger partial charge < -0.3 is 15.4 Å². The minimum atomic E-state index is 0.117. The lowest BCUT2D eigenvalue weighted by molar-refractivity contribution is 0.403. The predicted octanol–water partition coefficient (Wildman–Crippen LogP) is 2.13. The number of hydrogen-bond acceptors (Lipinski definition) is 4. The molecule has 0 saturated heterocycles. The van der Waals surface area contributed by atoms with E-state index in [4.69, 9.17) is 4.74 Å². The van der Waals surface area contributed by atoms with E-state index in [1.807, 2.05) is 40.9 Å². The monoisotopic (exact) mass is 364 g/mol. The topological polar surface area (TPSA) is 75.8 Å². The Labute approximate surface area is 158 Å². The van der Waals surface area contributed by atoms with Gasteiger partial charge in [0, 0.05) is 30.8 Å².